The van der Waals surface area contributed by atoms with Crippen LogP contribution in [0.2, 0.25) is 0 Å². The molecule has 0 aliphatic carbocycles. The molecule has 112 valence electrons. The molecule has 22 heavy (non-hydrogen) atoms. The summed E-state index contributed by atoms with van der Waals surface area (Å²) in [7, 11) is 1.35. The Morgan fingerprint density at radius 2 is 2.18 bits per heavy atom. The summed E-state index contributed by atoms with van der Waals surface area (Å²) in [6, 6.07) is 5.43. The number of carbonyl (C=O) groups is 1. The fraction of sp³-hybridized carbons (Fsp3) is 0.188. The lowest BCUT2D eigenvalue weighted by Crippen LogP contribution is -2.20. The molecule has 0 radical (unpaired) electrons. The summed E-state index contributed by atoms with van der Waals surface area (Å²) in [6.45, 7) is 2.44. The van der Waals surface area contributed by atoms with Crippen molar-refractivity contribution in [1.82, 2.24) is 10.2 Å². The first-order valence-corrected chi connectivity index (χ1v) is 6.84. The highest BCUT2D eigenvalue weighted by Gasteiger charge is 2.17. The van der Waals surface area contributed by atoms with Crippen LogP contribution >= 0.6 is 0 Å². The lowest BCUT2D eigenvalue weighted by molar-refractivity contribution is 0.0600. The van der Waals surface area contributed by atoms with Gasteiger partial charge in [-0.3, -0.25) is 4.79 Å². The van der Waals surface area contributed by atoms with Crippen LogP contribution in [-0.4, -0.2) is 29.8 Å². The summed E-state index contributed by atoms with van der Waals surface area (Å²) in [6.07, 6.45) is 3.78. The van der Waals surface area contributed by atoms with Crippen molar-refractivity contribution in [2.45, 2.75) is 6.92 Å². The lowest BCUT2D eigenvalue weighted by Gasteiger charge is -2.15. The molecular weight excluding hydrogens is 282 g/mol. The summed E-state index contributed by atoms with van der Waals surface area (Å²) >= 11 is 0. The standard InChI is InChI=1S/C16H15N3O3/c1-9-5-6-10(8-12(9)16(21)22-2)13-11-4-3-7-17-14(11)15(20)19-18-13/h3-6,8,17H,7H2,1-2H3,(H,19,20). The van der Waals surface area contributed by atoms with Gasteiger partial charge in [0.05, 0.1) is 12.7 Å². The number of benzene rings is 1. The van der Waals surface area contributed by atoms with E-state index in [1.165, 1.54) is 7.11 Å². The third-order valence-corrected chi connectivity index (χ3v) is 3.62. The Labute approximate surface area is 126 Å². The zero-order valence-corrected chi connectivity index (χ0v) is 12.3. The number of H-pyrrole nitrogens is 1. The molecule has 0 fully saturated rings. The zero-order chi connectivity index (χ0) is 15.7. The molecule has 2 aromatic rings. The number of esters is 1. The summed E-state index contributed by atoms with van der Waals surface area (Å²) in [5, 5.41) is 9.66. The van der Waals surface area contributed by atoms with Crippen LogP contribution in [0.25, 0.3) is 17.3 Å². The molecule has 2 heterocycles. The third kappa shape index (κ3) is 2.28. The van der Waals surface area contributed by atoms with Crippen LogP contribution in [-0.2, 0) is 4.74 Å². The first-order chi connectivity index (χ1) is 10.6. The molecule has 0 bridgehead atoms. The highest BCUT2D eigenvalue weighted by Crippen LogP contribution is 2.29. The Balaban J connectivity index is 2.19. The Morgan fingerprint density at radius 1 is 1.36 bits per heavy atom. The maximum absolute atomic E-state index is 11.8. The van der Waals surface area contributed by atoms with E-state index in [0.717, 1.165) is 16.7 Å². The SMILES string of the molecule is COC(=O)c1cc(-c2n[nH]c(=O)c3c2C=CCN3)ccc1C. The van der Waals surface area contributed by atoms with Crippen LogP contribution in [0.5, 0.6) is 0 Å². The molecule has 1 aliphatic heterocycles. The fourth-order valence-electron chi connectivity index (χ4n) is 2.46. The van der Waals surface area contributed by atoms with Gasteiger partial charge in [0.15, 0.2) is 0 Å². The number of nitrogens with zero attached hydrogens (tertiary/aromatic N) is 1. The number of aromatic amines is 1. The molecule has 0 saturated carbocycles. The van der Waals surface area contributed by atoms with E-state index in [1.54, 1.807) is 6.07 Å². The van der Waals surface area contributed by atoms with Gasteiger partial charge in [0.1, 0.15) is 11.4 Å². The van der Waals surface area contributed by atoms with Gasteiger partial charge < -0.3 is 10.1 Å². The van der Waals surface area contributed by atoms with Gasteiger partial charge in [-0.2, -0.15) is 5.10 Å². The smallest absolute Gasteiger partial charge is 0.338 e. The van der Waals surface area contributed by atoms with Gasteiger partial charge in [0, 0.05) is 17.7 Å². The Bertz CT molecular complexity index is 837. The van der Waals surface area contributed by atoms with E-state index in [-0.39, 0.29) is 5.56 Å². The molecule has 0 spiro atoms. The molecule has 0 saturated heterocycles. The minimum Gasteiger partial charge on any atom is -0.465 e. The molecule has 6 heteroatoms. The van der Waals surface area contributed by atoms with Gasteiger partial charge >= 0.3 is 5.97 Å². The molecule has 0 atom stereocenters. The van der Waals surface area contributed by atoms with E-state index in [1.807, 2.05) is 31.2 Å². The summed E-state index contributed by atoms with van der Waals surface area (Å²) in [4.78, 5) is 23.7. The maximum Gasteiger partial charge on any atom is 0.338 e. The quantitative estimate of drug-likeness (QED) is 0.828. The Morgan fingerprint density at radius 3 is 2.95 bits per heavy atom. The number of rotatable bonds is 2. The molecule has 1 aromatic carbocycles. The number of fused-ring (bicyclic) bond motifs is 1. The van der Waals surface area contributed by atoms with Crippen molar-refractivity contribution < 1.29 is 9.53 Å². The zero-order valence-electron chi connectivity index (χ0n) is 12.3. The maximum atomic E-state index is 11.8. The number of aryl methyl sites for hydroxylation is 1. The van der Waals surface area contributed by atoms with Gasteiger partial charge in [0.25, 0.3) is 5.56 Å². The van der Waals surface area contributed by atoms with Crippen molar-refractivity contribution in [3.05, 3.63) is 51.3 Å². The number of ether oxygens (including phenoxy) is 1. The Hall–Kier alpha value is -2.89. The summed E-state index contributed by atoms with van der Waals surface area (Å²) in [5.41, 5.74) is 3.61. The number of anilines is 1. The molecule has 0 unspecified atom stereocenters. The van der Waals surface area contributed by atoms with Gasteiger partial charge in [-0.05, 0) is 18.6 Å². The minimum absolute atomic E-state index is 0.261. The molecule has 1 aromatic heterocycles. The second-order valence-electron chi connectivity index (χ2n) is 4.99. The molecule has 0 amide bonds. The number of carbonyl (C=O) groups excluding carboxylic acids is 1. The number of nitrogens with one attached hydrogen (secondary N) is 2. The average Bonchev–Trinajstić information content (AvgIpc) is 2.55. The monoisotopic (exact) mass is 297 g/mol. The van der Waals surface area contributed by atoms with Crippen molar-refractivity contribution >= 4 is 17.7 Å². The number of methoxy groups -OCH3 is 1. The van der Waals surface area contributed by atoms with Crippen LogP contribution in [0.15, 0.2) is 29.1 Å². The van der Waals surface area contributed by atoms with E-state index in [2.05, 4.69) is 15.5 Å². The van der Waals surface area contributed by atoms with Gasteiger partial charge in [0.2, 0.25) is 0 Å². The molecular formula is C16H15N3O3. The third-order valence-electron chi connectivity index (χ3n) is 3.62. The van der Waals surface area contributed by atoms with Crippen LogP contribution in [0, 0.1) is 6.92 Å². The van der Waals surface area contributed by atoms with Crippen molar-refractivity contribution in [3.8, 4) is 11.3 Å². The Kier molecular flexibility index (Phi) is 3.50. The first-order valence-electron chi connectivity index (χ1n) is 6.84. The van der Waals surface area contributed by atoms with Crippen molar-refractivity contribution in [1.29, 1.82) is 0 Å². The molecule has 2 N–H and O–H groups in total. The van der Waals surface area contributed by atoms with Crippen molar-refractivity contribution in [2.24, 2.45) is 0 Å². The van der Waals surface area contributed by atoms with Crippen LogP contribution < -0.4 is 10.9 Å². The van der Waals surface area contributed by atoms with E-state index in [0.29, 0.717) is 23.5 Å². The van der Waals surface area contributed by atoms with Crippen molar-refractivity contribution in [3.63, 3.8) is 0 Å². The van der Waals surface area contributed by atoms with Crippen LogP contribution in [0.1, 0.15) is 21.5 Å². The number of hydrogen-bond donors (Lipinski definition) is 2. The summed E-state index contributed by atoms with van der Waals surface area (Å²) in [5.74, 6) is -0.397. The predicted molar refractivity (Wildman–Crippen MR) is 83.9 cm³/mol. The second-order valence-corrected chi connectivity index (χ2v) is 4.99. The minimum atomic E-state index is -0.397. The van der Waals surface area contributed by atoms with Crippen LogP contribution in [0.4, 0.5) is 5.69 Å². The van der Waals surface area contributed by atoms with E-state index >= 15 is 0 Å². The van der Waals surface area contributed by atoms with Crippen LogP contribution in [0.3, 0.4) is 0 Å². The molecule has 3 rings (SSSR count). The van der Waals surface area contributed by atoms with E-state index in [9.17, 15) is 9.59 Å². The van der Waals surface area contributed by atoms with E-state index in [4.69, 9.17) is 4.74 Å². The molecule has 1 aliphatic rings. The average molecular weight is 297 g/mol. The van der Waals surface area contributed by atoms with Crippen molar-refractivity contribution in [2.75, 3.05) is 19.0 Å². The number of hydrogen-bond acceptors (Lipinski definition) is 5. The van der Waals surface area contributed by atoms with Gasteiger partial charge in [-0.1, -0.05) is 24.3 Å². The predicted octanol–water partition coefficient (Wildman–Crippen LogP) is 1.97. The van der Waals surface area contributed by atoms with E-state index < -0.39 is 5.97 Å². The highest BCUT2D eigenvalue weighted by molar-refractivity contribution is 5.93. The fourth-order valence-corrected chi connectivity index (χ4v) is 2.46. The second kappa shape index (κ2) is 5.48. The normalized spacial score (nSPS) is 12.5. The number of aromatic nitrogens is 2. The van der Waals surface area contributed by atoms with Gasteiger partial charge in [-0.15, -0.1) is 0 Å². The largest absolute Gasteiger partial charge is 0.465 e. The lowest BCUT2D eigenvalue weighted by atomic mass is 9.99. The molecule has 6 nitrogen and oxygen atoms in total. The highest BCUT2D eigenvalue weighted by atomic mass is 16.5. The topological polar surface area (TPSA) is 84.1 Å². The first kappa shape index (κ1) is 14.1. The summed E-state index contributed by atoms with van der Waals surface area (Å²) < 4.78 is 4.80. The van der Waals surface area contributed by atoms with Gasteiger partial charge in [-0.25, -0.2) is 9.89 Å².